The molecule has 1 N–H and O–H groups in total. The van der Waals surface area contributed by atoms with Gasteiger partial charge in [-0.05, 0) is 5.16 Å². The molecule has 0 unspecified atom stereocenters. The van der Waals surface area contributed by atoms with Gasteiger partial charge in [0.05, 0.1) is 13.2 Å². The van der Waals surface area contributed by atoms with E-state index in [1.165, 1.54) is 13.2 Å². The number of carbonyl (C=O) groups excluding carboxylic acids is 1. The molecule has 1 aromatic rings. The predicted octanol–water partition coefficient (Wildman–Crippen LogP) is -0.271. The van der Waals surface area contributed by atoms with Crippen molar-refractivity contribution in [3.63, 3.8) is 0 Å². The van der Waals surface area contributed by atoms with E-state index in [2.05, 4.69) is 10.5 Å². The van der Waals surface area contributed by atoms with Gasteiger partial charge in [0.2, 0.25) is 5.76 Å². The van der Waals surface area contributed by atoms with Crippen LogP contribution >= 0.6 is 0 Å². The summed E-state index contributed by atoms with van der Waals surface area (Å²) >= 11 is 0. The number of nitrogens with one attached hydrogen (secondary N) is 1. The minimum atomic E-state index is -0.132. The molecule has 2 rings (SSSR count). The molecule has 6 nitrogen and oxygen atoms in total. The Kier molecular flexibility index (Phi) is 2.86. The first-order valence-corrected chi connectivity index (χ1v) is 4.82. The Labute approximate surface area is 87.2 Å². The molecule has 0 aromatic carbocycles. The Morgan fingerprint density at radius 3 is 2.93 bits per heavy atom. The van der Waals surface area contributed by atoms with E-state index in [1.54, 1.807) is 4.90 Å². The van der Waals surface area contributed by atoms with E-state index in [-0.39, 0.29) is 11.7 Å². The maximum Gasteiger partial charge on any atom is 0.292 e. The van der Waals surface area contributed by atoms with Gasteiger partial charge in [-0.2, -0.15) is 0 Å². The summed E-state index contributed by atoms with van der Waals surface area (Å²) in [4.78, 5) is 13.6. The van der Waals surface area contributed by atoms with E-state index in [9.17, 15) is 4.79 Å². The van der Waals surface area contributed by atoms with Crippen molar-refractivity contribution in [2.45, 2.75) is 0 Å². The highest BCUT2D eigenvalue weighted by atomic mass is 16.5. The summed E-state index contributed by atoms with van der Waals surface area (Å²) < 4.78 is 9.73. The van der Waals surface area contributed by atoms with Crippen LogP contribution in [-0.4, -0.2) is 49.3 Å². The lowest BCUT2D eigenvalue weighted by Gasteiger charge is -2.26. The first-order chi connectivity index (χ1) is 7.31. The fourth-order valence-corrected chi connectivity index (χ4v) is 1.48. The molecule has 1 amide bonds. The second kappa shape index (κ2) is 4.31. The van der Waals surface area contributed by atoms with Crippen molar-refractivity contribution in [1.82, 2.24) is 15.4 Å². The normalized spacial score (nSPS) is 16.5. The van der Waals surface area contributed by atoms with Crippen molar-refractivity contribution in [2.24, 2.45) is 0 Å². The molecule has 0 bridgehead atoms. The van der Waals surface area contributed by atoms with Crippen LogP contribution in [0.5, 0.6) is 5.88 Å². The van der Waals surface area contributed by atoms with Crippen LogP contribution in [-0.2, 0) is 0 Å². The van der Waals surface area contributed by atoms with Crippen LogP contribution in [0.3, 0.4) is 0 Å². The Bertz CT molecular complexity index is 344. The van der Waals surface area contributed by atoms with Crippen molar-refractivity contribution in [2.75, 3.05) is 33.3 Å². The number of rotatable bonds is 2. The van der Waals surface area contributed by atoms with Gasteiger partial charge in [0, 0.05) is 26.2 Å². The summed E-state index contributed by atoms with van der Waals surface area (Å²) in [6.45, 7) is 3.03. The molecule has 15 heavy (non-hydrogen) atoms. The number of hydrogen-bond donors (Lipinski definition) is 1. The molecule has 1 aliphatic rings. The predicted molar refractivity (Wildman–Crippen MR) is 51.8 cm³/mol. The molecule has 0 atom stereocenters. The average Bonchev–Trinajstić information content (AvgIpc) is 2.78. The zero-order chi connectivity index (χ0) is 10.7. The topological polar surface area (TPSA) is 67.6 Å². The first-order valence-electron chi connectivity index (χ1n) is 4.82. The van der Waals surface area contributed by atoms with Crippen LogP contribution in [0.4, 0.5) is 0 Å². The summed E-state index contributed by atoms with van der Waals surface area (Å²) in [5.74, 6) is 0.425. The Morgan fingerprint density at radius 1 is 1.60 bits per heavy atom. The number of methoxy groups -OCH3 is 1. The van der Waals surface area contributed by atoms with Gasteiger partial charge in [-0.1, -0.05) is 0 Å². The molecule has 1 fully saturated rings. The average molecular weight is 211 g/mol. The van der Waals surface area contributed by atoms with Gasteiger partial charge < -0.3 is 19.5 Å². The fourth-order valence-electron chi connectivity index (χ4n) is 1.48. The maximum absolute atomic E-state index is 11.8. The summed E-state index contributed by atoms with van der Waals surface area (Å²) in [5, 5.41) is 6.76. The van der Waals surface area contributed by atoms with E-state index in [4.69, 9.17) is 9.26 Å². The van der Waals surface area contributed by atoms with Crippen LogP contribution in [0.2, 0.25) is 0 Å². The van der Waals surface area contributed by atoms with Crippen molar-refractivity contribution < 1.29 is 14.1 Å². The second-order valence-corrected chi connectivity index (χ2v) is 3.28. The maximum atomic E-state index is 11.8. The summed E-state index contributed by atoms with van der Waals surface area (Å²) in [6.07, 6.45) is 0. The highest BCUT2D eigenvalue weighted by Crippen LogP contribution is 2.13. The second-order valence-electron chi connectivity index (χ2n) is 3.28. The van der Waals surface area contributed by atoms with Crippen LogP contribution in [0, 0.1) is 0 Å². The quantitative estimate of drug-likeness (QED) is 0.729. The minimum Gasteiger partial charge on any atom is -0.479 e. The van der Waals surface area contributed by atoms with Gasteiger partial charge in [-0.15, -0.1) is 0 Å². The molecular formula is C9H13N3O3. The summed E-state index contributed by atoms with van der Waals surface area (Å²) in [6, 6.07) is 1.50. The third-order valence-corrected chi connectivity index (χ3v) is 2.31. The largest absolute Gasteiger partial charge is 0.479 e. The number of ether oxygens (including phenoxy) is 1. The smallest absolute Gasteiger partial charge is 0.292 e. The molecule has 1 aliphatic heterocycles. The fraction of sp³-hybridized carbons (Fsp3) is 0.556. The van der Waals surface area contributed by atoms with Gasteiger partial charge in [-0.25, -0.2) is 0 Å². The van der Waals surface area contributed by atoms with Crippen LogP contribution in [0.25, 0.3) is 0 Å². The van der Waals surface area contributed by atoms with E-state index < -0.39 is 0 Å². The van der Waals surface area contributed by atoms with Gasteiger partial charge in [-0.3, -0.25) is 4.79 Å². The molecule has 0 aliphatic carbocycles. The third kappa shape index (κ3) is 2.10. The number of amides is 1. The lowest BCUT2D eigenvalue weighted by molar-refractivity contribution is 0.0693. The Morgan fingerprint density at radius 2 is 2.33 bits per heavy atom. The van der Waals surface area contributed by atoms with E-state index in [0.29, 0.717) is 19.0 Å². The third-order valence-electron chi connectivity index (χ3n) is 2.31. The van der Waals surface area contributed by atoms with E-state index in [1.807, 2.05) is 0 Å². The van der Waals surface area contributed by atoms with Crippen molar-refractivity contribution in [1.29, 1.82) is 0 Å². The molecule has 0 saturated carbocycles. The van der Waals surface area contributed by atoms with E-state index >= 15 is 0 Å². The number of nitrogens with zero attached hydrogens (tertiary/aromatic N) is 2. The molecule has 82 valence electrons. The van der Waals surface area contributed by atoms with Crippen molar-refractivity contribution in [3.05, 3.63) is 11.8 Å². The lowest BCUT2D eigenvalue weighted by Crippen LogP contribution is -2.46. The lowest BCUT2D eigenvalue weighted by atomic mass is 10.3. The minimum absolute atomic E-state index is 0.132. The van der Waals surface area contributed by atoms with Crippen LogP contribution in [0.1, 0.15) is 10.6 Å². The SMILES string of the molecule is COc1cc(C(=O)N2CCNCC2)on1. The summed E-state index contributed by atoms with van der Waals surface area (Å²) in [5.41, 5.74) is 0. The van der Waals surface area contributed by atoms with E-state index in [0.717, 1.165) is 13.1 Å². The van der Waals surface area contributed by atoms with Crippen molar-refractivity contribution in [3.8, 4) is 5.88 Å². The van der Waals surface area contributed by atoms with Gasteiger partial charge in [0.1, 0.15) is 0 Å². The summed E-state index contributed by atoms with van der Waals surface area (Å²) in [7, 11) is 1.48. The molecule has 0 radical (unpaired) electrons. The molecule has 6 heteroatoms. The van der Waals surface area contributed by atoms with Gasteiger partial charge >= 0.3 is 0 Å². The van der Waals surface area contributed by atoms with Crippen LogP contribution < -0.4 is 10.1 Å². The molecule has 1 aromatic heterocycles. The standard InChI is InChI=1S/C9H13N3O3/c1-14-8-6-7(15-11-8)9(13)12-4-2-10-3-5-12/h6,10H,2-5H2,1H3. The molecule has 1 saturated heterocycles. The molecule has 0 spiro atoms. The number of hydrogen-bond acceptors (Lipinski definition) is 5. The zero-order valence-corrected chi connectivity index (χ0v) is 8.52. The number of aromatic nitrogens is 1. The number of piperazine rings is 1. The monoisotopic (exact) mass is 211 g/mol. The molecular weight excluding hydrogens is 198 g/mol. The molecule has 2 heterocycles. The van der Waals surface area contributed by atoms with Gasteiger partial charge in [0.25, 0.3) is 11.8 Å². The van der Waals surface area contributed by atoms with Gasteiger partial charge in [0.15, 0.2) is 0 Å². The first kappa shape index (κ1) is 9.97. The van der Waals surface area contributed by atoms with Crippen molar-refractivity contribution >= 4 is 5.91 Å². The Hall–Kier alpha value is -1.56. The highest BCUT2D eigenvalue weighted by molar-refractivity contribution is 5.91. The Balaban J connectivity index is 2.05. The zero-order valence-electron chi connectivity index (χ0n) is 8.52. The van der Waals surface area contributed by atoms with Crippen LogP contribution in [0.15, 0.2) is 10.6 Å². The highest BCUT2D eigenvalue weighted by Gasteiger charge is 2.21. The number of carbonyl (C=O) groups is 1.